The van der Waals surface area contributed by atoms with E-state index in [9.17, 15) is 20.1 Å². The van der Waals surface area contributed by atoms with Crippen molar-refractivity contribution in [2.24, 2.45) is 34.5 Å². The van der Waals surface area contributed by atoms with Gasteiger partial charge in [-0.15, -0.1) is 0 Å². The number of ether oxygens (including phenoxy) is 4. The van der Waals surface area contributed by atoms with E-state index in [-0.39, 0.29) is 34.7 Å². The molecule has 0 spiro atoms. The molecule has 2 heterocycles. The van der Waals surface area contributed by atoms with Crippen molar-refractivity contribution < 1.29 is 39.1 Å². The maximum atomic E-state index is 12.4. The van der Waals surface area contributed by atoms with E-state index in [1.165, 1.54) is 7.11 Å². The molecule has 3 N–H and O–H groups in total. The van der Waals surface area contributed by atoms with Crippen molar-refractivity contribution >= 4 is 5.97 Å². The Balaban J connectivity index is 1.16. The van der Waals surface area contributed by atoms with Crippen LogP contribution in [-0.4, -0.2) is 77.4 Å². The van der Waals surface area contributed by atoms with E-state index in [1.54, 1.807) is 13.0 Å². The third-order valence-electron chi connectivity index (χ3n) is 12.3. The predicted octanol–water partition coefficient (Wildman–Crippen LogP) is 3.11. The van der Waals surface area contributed by atoms with Gasteiger partial charge in [-0.05, 0) is 99.4 Å². The number of hydrogen-bond acceptors (Lipinski definition) is 8. The zero-order valence-corrected chi connectivity index (χ0v) is 23.3. The standard InChI is InChI=1S/C30H46O8/c1-16-24(32)26(35-4)25(33)27(37-16)38-19-7-10-28(2)18(14-19)5-6-22-21(28)8-11-29(3)20(9-12-30(22,29)34)17-13-23(31)36-15-17/h13,16,18-22,24-27,32-34H,5-12,14-15H2,1-4H3/t16-,18-,19+,20-,21?,22?,24-,25-,26+,27-,28+,29-,30+/m1/s1. The summed E-state index contributed by atoms with van der Waals surface area (Å²) in [4.78, 5) is 11.8. The molecule has 5 fully saturated rings. The van der Waals surface area contributed by atoms with Crippen molar-refractivity contribution in [3.63, 3.8) is 0 Å². The number of hydrogen-bond donors (Lipinski definition) is 3. The van der Waals surface area contributed by atoms with Gasteiger partial charge in [0, 0.05) is 18.6 Å². The third kappa shape index (κ3) is 3.88. The first-order valence-corrected chi connectivity index (χ1v) is 14.8. The van der Waals surface area contributed by atoms with Gasteiger partial charge < -0.3 is 34.3 Å². The quantitative estimate of drug-likeness (QED) is 0.372. The Bertz CT molecular complexity index is 968. The lowest BCUT2D eigenvalue weighted by molar-refractivity contribution is -0.313. The molecular formula is C30H46O8. The summed E-state index contributed by atoms with van der Waals surface area (Å²) in [6, 6.07) is 0. The first-order chi connectivity index (χ1) is 18.0. The lowest BCUT2D eigenvalue weighted by atomic mass is 9.43. The summed E-state index contributed by atoms with van der Waals surface area (Å²) in [5.74, 6) is 1.22. The molecule has 4 aliphatic carbocycles. The van der Waals surface area contributed by atoms with Gasteiger partial charge in [0.1, 0.15) is 24.9 Å². The average Bonchev–Trinajstić information content (AvgIpc) is 3.43. The van der Waals surface area contributed by atoms with Gasteiger partial charge in [-0.25, -0.2) is 4.79 Å². The van der Waals surface area contributed by atoms with Gasteiger partial charge >= 0.3 is 5.97 Å². The van der Waals surface area contributed by atoms with Gasteiger partial charge in [0.25, 0.3) is 0 Å². The zero-order chi connectivity index (χ0) is 27.0. The van der Waals surface area contributed by atoms with Crippen molar-refractivity contribution in [3.8, 4) is 0 Å². The second-order valence-electron chi connectivity index (χ2n) is 13.7. The molecule has 0 radical (unpaired) electrons. The highest BCUT2D eigenvalue weighted by molar-refractivity contribution is 5.85. The highest BCUT2D eigenvalue weighted by Crippen LogP contribution is 2.70. The van der Waals surface area contributed by atoms with Crippen LogP contribution in [0.15, 0.2) is 11.6 Å². The van der Waals surface area contributed by atoms with Crippen molar-refractivity contribution in [1.29, 1.82) is 0 Å². The highest BCUT2D eigenvalue weighted by Gasteiger charge is 2.67. The molecule has 0 aromatic rings. The SMILES string of the molecule is CO[C@@H]1[C@@H](O)[C@@H](O[C@H]2CC[C@]3(C)C4CC[C@]5(C)[C@@H](C6=CC(=O)OC6)CC[C@]5(O)C4CC[C@@H]3C2)O[C@H](C)[C@H]1O. The van der Waals surface area contributed by atoms with Crippen molar-refractivity contribution in [2.75, 3.05) is 13.7 Å². The molecule has 38 heavy (non-hydrogen) atoms. The van der Waals surface area contributed by atoms with Crippen LogP contribution < -0.4 is 0 Å². The number of fused-ring (bicyclic) bond motifs is 5. The normalized spacial score (nSPS) is 54.5. The minimum absolute atomic E-state index is 0.0103. The van der Waals surface area contributed by atoms with Crippen LogP contribution in [0.2, 0.25) is 0 Å². The van der Waals surface area contributed by atoms with Crippen molar-refractivity contribution in [1.82, 2.24) is 0 Å². The Morgan fingerprint density at radius 3 is 2.50 bits per heavy atom. The third-order valence-corrected chi connectivity index (χ3v) is 12.3. The number of cyclic esters (lactones) is 1. The fraction of sp³-hybridized carbons (Fsp3) is 0.900. The number of methoxy groups -OCH3 is 1. The molecule has 4 saturated carbocycles. The minimum atomic E-state index is -1.04. The second kappa shape index (κ2) is 9.52. The highest BCUT2D eigenvalue weighted by atomic mass is 16.7. The summed E-state index contributed by atoms with van der Waals surface area (Å²) >= 11 is 0. The molecule has 6 aliphatic rings. The molecule has 2 aliphatic heterocycles. The van der Waals surface area contributed by atoms with Crippen LogP contribution in [0.5, 0.6) is 0 Å². The molecule has 8 nitrogen and oxygen atoms in total. The monoisotopic (exact) mass is 534 g/mol. The van der Waals surface area contributed by atoms with Gasteiger partial charge in [0.2, 0.25) is 0 Å². The van der Waals surface area contributed by atoms with E-state index in [2.05, 4.69) is 13.8 Å². The number of esters is 1. The Morgan fingerprint density at radius 1 is 1.00 bits per heavy atom. The van der Waals surface area contributed by atoms with E-state index < -0.39 is 36.3 Å². The topological polar surface area (TPSA) is 115 Å². The van der Waals surface area contributed by atoms with Crippen molar-refractivity contribution in [3.05, 3.63) is 11.6 Å². The summed E-state index contributed by atoms with van der Waals surface area (Å²) < 4.78 is 22.8. The maximum Gasteiger partial charge on any atom is 0.331 e. The number of carbonyl (C=O) groups excluding carboxylic acids is 1. The summed E-state index contributed by atoms with van der Waals surface area (Å²) in [6.07, 6.45) is 6.45. The molecule has 0 amide bonds. The first-order valence-electron chi connectivity index (χ1n) is 14.8. The molecule has 8 heteroatoms. The molecular weight excluding hydrogens is 488 g/mol. The van der Waals surface area contributed by atoms with Crippen molar-refractivity contribution in [2.45, 2.75) is 121 Å². The summed E-state index contributed by atoms with van der Waals surface area (Å²) in [5.41, 5.74) is 0.300. The van der Waals surface area contributed by atoms with Gasteiger partial charge in [-0.2, -0.15) is 0 Å². The van der Waals surface area contributed by atoms with E-state index in [1.807, 2.05) is 0 Å². The summed E-state index contributed by atoms with van der Waals surface area (Å²) in [5, 5.41) is 33.5. The average molecular weight is 535 g/mol. The van der Waals surface area contributed by atoms with Gasteiger partial charge in [-0.1, -0.05) is 13.8 Å². The Labute approximate surface area is 226 Å². The largest absolute Gasteiger partial charge is 0.458 e. The number of rotatable bonds is 4. The van der Waals surface area contributed by atoms with Gasteiger partial charge in [-0.3, -0.25) is 0 Å². The number of aliphatic hydroxyl groups excluding tert-OH is 2. The fourth-order valence-electron chi connectivity index (χ4n) is 10.1. The smallest absolute Gasteiger partial charge is 0.331 e. The molecule has 2 unspecified atom stereocenters. The van der Waals surface area contributed by atoms with Crippen LogP contribution in [-0.2, 0) is 23.7 Å². The predicted molar refractivity (Wildman–Crippen MR) is 138 cm³/mol. The van der Waals surface area contributed by atoms with Gasteiger partial charge in [0.05, 0.1) is 17.8 Å². The van der Waals surface area contributed by atoms with Gasteiger partial charge in [0.15, 0.2) is 6.29 Å². The van der Waals surface area contributed by atoms with Crippen LogP contribution in [0.1, 0.15) is 78.6 Å². The van der Waals surface area contributed by atoms with Crippen LogP contribution in [0, 0.1) is 34.5 Å². The second-order valence-corrected chi connectivity index (χ2v) is 13.7. The zero-order valence-electron chi connectivity index (χ0n) is 23.3. The molecule has 13 atom stereocenters. The summed E-state index contributed by atoms with van der Waals surface area (Å²) in [7, 11) is 1.49. The first kappa shape index (κ1) is 27.2. The molecule has 1 saturated heterocycles. The summed E-state index contributed by atoms with van der Waals surface area (Å²) in [6.45, 7) is 6.87. The maximum absolute atomic E-state index is 12.4. The van der Waals surface area contributed by atoms with E-state index in [0.29, 0.717) is 18.4 Å². The number of aliphatic hydroxyl groups is 3. The molecule has 214 valence electrons. The van der Waals surface area contributed by atoms with Crippen LogP contribution in [0.4, 0.5) is 0 Å². The van der Waals surface area contributed by atoms with Crippen LogP contribution >= 0.6 is 0 Å². The minimum Gasteiger partial charge on any atom is -0.458 e. The van der Waals surface area contributed by atoms with Crippen LogP contribution in [0.3, 0.4) is 0 Å². The van der Waals surface area contributed by atoms with E-state index >= 15 is 0 Å². The lowest BCUT2D eigenvalue weighted by Crippen LogP contribution is -2.62. The van der Waals surface area contributed by atoms with E-state index in [4.69, 9.17) is 18.9 Å². The number of carbonyl (C=O) groups is 1. The molecule has 6 rings (SSSR count). The molecule has 0 aromatic heterocycles. The van der Waals surface area contributed by atoms with Crippen LogP contribution in [0.25, 0.3) is 0 Å². The Kier molecular flexibility index (Phi) is 6.80. The molecule has 0 bridgehead atoms. The Morgan fingerprint density at radius 2 is 1.79 bits per heavy atom. The Hall–Kier alpha value is -1.03. The lowest BCUT2D eigenvalue weighted by Gasteiger charge is -2.64. The fourth-order valence-corrected chi connectivity index (χ4v) is 10.1. The van der Waals surface area contributed by atoms with E-state index in [0.717, 1.165) is 63.4 Å². The molecule has 0 aromatic carbocycles.